The van der Waals surface area contributed by atoms with E-state index in [0.29, 0.717) is 31.3 Å². The molecule has 0 atom stereocenters. The lowest BCUT2D eigenvalue weighted by atomic mass is 10.3. The number of hydrogen-bond donors (Lipinski definition) is 2. The molecule has 1 fully saturated rings. The third-order valence-electron chi connectivity index (χ3n) is 2.82. The minimum Gasteiger partial charge on any atom is -0.480 e. The molecular formula is C11H16N4O4. The molecule has 1 aromatic heterocycles. The van der Waals surface area contributed by atoms with Crippen LogP contribution in [0.15, 0.2) is 10.9 Å². The zero-order valence-electron chi connectivity index (χ0n) is 10.4. The average Bonchev–Trinajstić information content (AvgIpc) is 3.02. The number of carboxylic acid groups (broad SMARTS) is 1. The monoisotopic (exact) mass is 268 g/mol. The Bertz CT molecular complexity index is 430. The molecule has 8 heteroatoms. The van der Waals surface area contributed by atoms with Crippen LogP contribution in [-0.2, 0) is 11.2 Å². The predicted octanol–water partition coefficient (Wildman–Crippen LogP) is 0.118. The lowest BCUT2D eigenvalue weighted by molar-refractivity contribution is -0.137. The first kappa shape index (κ1) is 13.3. The van der Waals surface area contributed by atoms with E-state index in [1.165, 1.54) is 11.3 Å². The Balaban J connectivity index is 1.75. The van der Waals surface area contributed by atoms with Gasteiger partial charge in [0.05, 0.1) is 0 Å². The van der Waals surface area contributed by atoms with Crippen LogP contribution in [0.1, 0.15) is 18.7 Å². The van der Waals surface area contributed by atoms with Crippen LogP contribution in [0.3, 0.4) is 0 Å². The number of hydrogen-bond acceptors (Lipinski definition) is 5. The maximum atomic E-state index is 11.9. The van der Waals surface area contributed by atoms with Crippen molar-refractivity contribution in [3.05, 3.63) is 12.2 Å². The van der Waals surface area contributed by atoms with Gasteiger partial charge in [0.25, 0.3) is 0 Å². The van der Waals surface area contributed by atoms with Gasteiger partial charge in [-0.25, -0.2) is 4.79 Å². The van der Waals surface area contributed by atoms with Crippen LogP contribution in [0.2, 0.25) is 0 Å². The van der Waals surface area contributed by atoms with E-state index in [2.05, 4.69) is 20.0 Å². The molecule has 0 spiro atoms. The van der Waals surface area contributed by atoms with Crippen molar-refractivity contribution in [3.8, 4) is 0 Å². The highest BCUT2D eigenvalue weighted by atomic mass is 16.5. The van der Waals surface area contributed by atoms with E-state index in [0.717, 1.165) is 12.8 Å². The molecule has 19 heavy (non-hydrogen) atoms. The highest BCUT2D eigenvalue weighted by Crippen LogP contribution is 2.29. The summed E-state index contributed by atoms with van der Waals surface area (Å²) in [5, 5.41) is 15.1. The van der Waals surface area contributed by atoms with E-state index >= 15 is 0 Å². The molecule has 1 aromatic rings. The van der Waals surface area contributed by atoms with Crippen molar-refractivity contribution in [2.75, 3.05) is 19.6 Å². The summed E-state index contributed by atoms with van der Waals surface area (Å²) >= 11 is 0. The maximum absolute atomic E-state index is 11.9. The van der Waals surface area contributed by atoms with Crippen LogP contribution in [0.4, 0.5) is 4.79 Å². The van der Waals surface area contributed by atoms with Crippen LogP contribution in [0.25, 0.3) is 0 Å². The van der Waals surface area contributed by atoms with Gasteiger partial charge in [-0.15, -0.1) is 0 Å². The zero-order valence-corrected chi connectivity index (χ0v) is 10.4. The van der Waals surface area contributed by atoms with Crippen LogP contribution in [0, 0.1) is 5.92 Å². The van der Waals surface area contributed by atoms with Crippen molar-refractivity contribution in [3.63, 3.8) is 0 Å². The van der Waals surface area contributed by atoms with Crippen molar-refractivity contribution in [1.29, 1.82) is 0 Å². The summed E-state index contributed by atoms with van der Waals surface area (Å²) in [6, 6.07) is -0.363. The third kappa shape index (κ3) is 4.57. The third-order valence-corrected chi connectivity index (χ3v) is 2.82. The Morgan fingerprint density at radius 2 is 2.32 bits per heavy atom. The van der Waals surface area contributed by atoms with Gasteiger partial charge in [-0.3, -0.25) is 4.79 Å². The smallest absolute Gasteiger partial charge is 0.323 e. The lowest BCUT2D eigenvalue weighted by Gasteiger charge is -2.20. The van der Waals surface area contributed by atoms with Crippen LogP contribution >= 0.6 is 0 Å². The van der Waals surface area contributed by atoms with Gasteiger partial charge in [0.2, 0.25) is 6.39 Å². The number of carbonyl (C=O) groups excluding carboxylic acids is 1. The highest BCUT2D eigenvalue weighted by molar-refractivity contribution is 5.80. The molecule has 2 amide bonds. The van der Waals surface area contributed by atoms with E-state index in [4.69, 9.17) is 5.11 Å². The molecule has 0 aromatic carbocycles. The molecule has 1 aliphatic rings. The Morgan fingerprint density at radius 3 is 2.89 bits per heavy atom. The van der Waals surface area contributed by atoms with E-state index in [1.54, 1.807) is 0 Å². The van der Waals surface area contributed by atoms with Gasteiger partial charge in [-0.2, -0.15) is 4.98 Å². The summed E-state index contributed by atoms with van der Waals surface area (Å²) in [7, 11) is 0. The molecule has 0 bridgehead atoms. The number of nitrogens with zero attached hydrogens (tertiary/aromatic N) is 3. The molecule has 2 N–H and O–H groups in total. The van der Waals surface area contributed by atoms with Crippen molar-refractivity contribution in [1.82, 2.24) is 20.4 Å². The first-order valence-corrected chi connectivity index (χ1v) is 6.15. The number of urea groups is 1. The minimum atomic E-state index is -1.01. The molecular weight excluding hydrogens is 252 g/mol. The Morgan fingerprint density at radius 1 is 1.53 bits per heavy atom. The fourth-order valence-electron chi connectivity index (χ4n) is 1.69. The van der Waals surface area contributed by atoms with E-state index in [-0.39, 0.29) is 12.6 Å². The second-order valence-electron chi connectivity index (χ2n) is 4.55. The number of carbonyl (C=O) groups is 2. The number of aromatic nitrogens is 2. The zero-order chi connectivity index (χ0) is 13.7. The van der Waals surface area contributed by atoms with Gasteiger partial charge in [0.1, 0.15) is 6.54 Å². The second-order valence-corrected chi connectivity index (χ2v) is 4.55. The standard InChI is InChI=1S/C11H16N4O4/c16-10(17)6-15(5-8-1-2-8)11(18)12-4-3-9-13-7-19-14-9/h7-8H,1-6H2,(H,12,18)(H,16,17). The summed E-state index contributed by atoms with van der Waals surface area (Å²) in [5.41, 5.74) is 0. The van der Waals surface area contributed by atoms with Gasteiger partial charge in [-0.1, -0.05) is 5.16 Å². The fourth-order valence-corrected chi connectivity index (χ4v) is 1.69. The normalized spacial score (nSPS) is 14.1. The molecule has 1 heterocycles. The fraction of sp³-hybridized carbons (Fsp3) is 0.636. The quantitative estimate of drug-likeness (QED) is 0.727. The van der Waals surface area contributed by atoms with Crippen LogP contribution in [-0.4, -0.2) is 51.8 Å². The van der Waals surface area contributed by atoms with E-state index < -0.39 is 5.97 Å². The highest BCUT2D eigenvalue weighted by Gasteiger charge is 2.27. The van der Waals surface area contributed by atoms with Crippen molar-refractivity contribution in [2.24, 2.45) is 5.92 Å². The number of carboxylic acids is 1. The molecule has 0 saturated heterocycles. The van der Waals surface area contributed by atoms with Gasteiger partial charge in [-0.05, 0) is 18.8 Å². The first-order chi connectivity index (χ1) is 9.15. The summed E-state index contributed by atoms with van der Waals surface area (Å²) in [6.45, 7) is 0.573. The van der Waals surface area contributed by atoms with Crippen molar-refractivity contribution >= 4 is 12.0 Å². The molecule has 0 aliphatic heterocycles. The van der Waals surface area contributed by atoms with Gasteiger partial charge in [0.15, 0.2) is 5.82 Å². The molecule has 0 radical (unpaired) electrons. The Hall–Kier alpha value is -2.12. The second kappa shape index (κ2) is 6.17. The molecule has 1 aliphatic carbocycles. The van der Waals surface area contributed by atoms with Gasteiger partial charge in [0, 0.05) is 19.5 Å². The summed E-state index contributed by atoms with van der Waals surface area (Å²) in [4.78, 5) is 27.7. The van der Waals surface area contributed by atoms with Gasteiger partial charge >= 0.3 is 12.0 Å². The number of rotatable bonds is 7. The van der Waals surface area contributed by atoms with Crippen molar-refractivity contribution < 1.29 is 19.2 Å². The lowest BCUT2D eigenvalue weighted by Crippen LogP contribution is -2.44. The average molecular weight is 268 g/mol. The van der Waals surface area contributed by atoms with Crippen LogP contribution in [0.5, 0.6) is 0 Å². The molecule has 1 saturated carbocycles. The Kier molecular flexibility index (Phi) is 4.32. The molecule has 0 unspecified atom stereocenters. The molecule has 8 nitrogen and oxygen atoms in total. The predicted molar refractivity (Wildman–Crippen MR) is 63.3 cm³/mol. The number of amides is 2. The summed E-state index contributed by atoms with van der Waals surface area (Å²) in [5.74, 6) is -0.0523. The van der Waals surface area contributed by atoms with E-state index in [9.17, 15) is 9.59 Å². The maximum Gasteiger partial charge on any atom is 0.323 e. The number of aliphatic carboxylic acids is 1. The van der Waals surface area contributed by atoms with Crippen molar-refractivity contribution in [2.45, 2.75) is 19.3 Å². The molecule has 2 rings (SSSR count). The Labute approximate surface area is 109 Å². The first-order valence-electron chi connectivity index (χ1n) is 6.15. The number of nitrogens with one attached hydrogen (secondary N) is 1. The molecule has 104 valence electrons. The minimum absolute atomic E-state index is 0.273. The SMILES string of the molecule is O=C(O)CN(CC1CC1)C(=O)NCCc1ncon1. The largest absolute Gasteiger partial charge is 0.480 e. The van der Waals surface area contributed by atoms with Crippen LogP contribution < -0.4 is 5.32 Å². The topological polar surface area (TPSA) is 109 Å². The van der Waals surface area contributed by atoms with E-state index in [1.807, 2.05) is 0 Å². The summed E-state index contributed by atoms with van der Waals surface area (Å²) in [6.07, 6.45) is 3.80. The summed E-state index contributed by atoms with van der Waals surface area (Å²) < 4.78 is 4.57. The van der Waals surface area contributed by atoms with Gasteiger partial charge < -0.3 is 19.8 Å².